The van der Waals surface area contributed by atoms with Gasteiger partial charge >= 0.3 is 5.97 Å². The van der Waals surface area contributed by atoms with Gasteiger partial charge in [-0.25, -0.2) is 0 Å². The maximum Gasteiger partial charge on any atom is 0.309 e. The molecule has 24 heavy (non-hydrogen) atoms. The predicted molar refractivity (Wildman–Crippen MR) is 93.4 cm³/mol. The van der Waals surface area contributed by atoms with Crippen LogP contribution < -0.4 is 5.32 Å². The van der Waals surface area contributed by atoms with Crippen LogP contribution in [0, 0.1) is 5.92 Å². The van der Waals surface area contributed by atoms with Gasteiger partial charge in [0.05, 0.1) is 18.6 Å². The molecule has 132 valence electrons. The van der Waals surface area contributed by atoms with Crippen LogP contribution in [-0.2, 0) is 14.3 Å². The summed E-state index contributed by atoms with van der Waals surface area (Å²) in [4.78, 5) is 26.1. The average molecular weight is 332 g/mol. The molecule has 0 spiro atoms. The Morgan fingerprint density at radius 2 is 1.92 bits per heavy atom. The van der Waals surface area contributed by atoms with E-state index < -0.39 is 0 Å². The molecule has 1 amide bonds. The van der Waals surface area contributed by atoms with Crippen molar-refractivity contribution in [3.05, 3.63) is 35.9 Å². The molecular formula is C19H28N2O3. The third kappa shape index (κ3) is 5.64. The molecule has 1 atom stereocenters. The predicted octanol–water partition coefficient (Wildman–Crippen LogP) is 2.53. The van der Waals surface area contributed by atoms with Crippen LogP contribution in [0.5, 0.6) is 0 Å². The summed E-state index contributed by atoms with van der Waals surface area (Å²) >= 11 is 0. The van der Waals surface area contributed by atoms with Crippen LogP contribution >= 0.6 is 0 Å². The zero-order valence-corrected chi connectivity index (χ0v) is 14.7. The van der Waals surface area contributed by atoms with Crippen LogP contribution in [0.1, 0.15) is 44.7 Å². The third-order valence-corrected chi connectivity index (χ3v) is 4.54. The minimum atomic E-state index is -0.0772. The largest absolute Gasteiger partial charge is 0.466 e. The zero-order valence-electron chi connectivity index (χ0n) is 14.7. The van der Waals surface area contributed by atoms with Crippen molar-refractivity contribution in [3.63, 3.8) is 0 Å². The van der Waals surface area contributed by atoms with Gasteiger partial charge in [-0.2, -0.15) is 0 Å². The van der Waals surface area contributed by atoms with Crippen molar-refractivity contribution in [2.45, 2.75) is 39.2 Å². The molecule has 1 saturated heterocycles. The number of benzene rings is 1. The molecule has 1 aliphatic heterocycles. The fourth-order valence-electron chi connectivity index (χ4n) is 3.05. The summed E-state index contributed by atoms with van der Waals surface area (Å²) < 4.78 is 5.08. The van der Waals surface area contributed by atoms with Gasteiger partial charge in [0.25, 0.3) is 0 Å². The van der Waals surface area contributed by atoms with Crippen LogP contribution in [-0.4, -0.2) is 43.0 Å². The maximum atomic E-state index is 12.1. The smallest absolute Gasteiger partial charge is 0.309 e. The second-order valence-corrected chi connectivity index (χ2v) is 6.32. The first kappa shape index (κ1) is 18.5. The van der Waals surface area contributed by atoms with Crippen molar-refractivity contribution >= 4 is 11.9 Å². The summed E-state index contributed by atoms with van der Waals surface area (Å²) in [6.45, 7) is 6.72. The van der Waals surface area contributed by atoms with Gasteiger partial charge in [0.2, 0.25) is 5.91 Å². The molecule has 1 N–H and O–H groups in total. The lowest BCUT2D eigenvalue weighted by molar-refractivity contribution is -0.149. The molecule has 0 saturated carbocycles. The maximum absolute atomic E-state index is 12.1. The number of likely N-dealkylation sites (tertiary alicyclic amines) is 1. The number of carbonyl (C=O) groups is 2. The van der Waals surface area contributed by atoms with Gasteiger partial charge in [-0.05, 0) is 45.3 Å². The standard InChI is InChI=1S/C19H28N2O3/c1-3-24-19(23)17-9-12-21(13-10-17)14-11-18(22)20-15(2)16-7-5-4-6-8-16/h4-8,15,17H,3,9-14H2,1-2H3,(H,20,22). The number of amides is 1. The monoisotopic (exact) mass is 332 g/mol. The fraction of sp³-hybridized carbons (Fsp3) is 0.579. The first-order chi connectivity index (χ1) is 11.6. The van der Waals surface area contributed by atoms with Crippen molar-refractivity contribution in [1.29, 1.82) is 0 Å². The Morgan fingerprint density at radius 3 is 2.54 bits per heavy atom. The number of ether oxygens (including phenoxy) is 1. The van der Waals surface area contributed by atoms with Gasteiger partial charge in [-0.1, -0.05) is 30.3 Å². The number of rotatable bonds is 7. The van der Waals surface area contributed by atoms with E-state index in [1.165, 1.54) is 0 Å². The first-order valence-electron chi connectivity index (χ1n) is 8.83. The highest BCUT2D eigenvalue weighted by Crippen LogP contribution is 2.19. The minimum absolute atomic E-state index is 0.0214. The van der Waals surface area contributed by atoms with Gasteiger partial charge in [-0.3, -0.25) is 9.59 Å². The van der Waals surface area contributed by atoms with E-state index in [-0.39, 0.29) is 23.8 Å². The molecule has 5 heteroatoms. The van der Waals surface area contributed by atoms with E-state index in [1.54, 1.807) is 0 Å². The Balaban J connectivity index is 1.67. The summed E-state index contributed by atoms with van der Waals surface area (Å²) in [5.41, 5.74) is 1.11. The van der Waals surface area contributed by atoms with Crippen molar-refractivity contribution in [2.24, 2.45) is 5.92 Å². The van der Waals surface area contributed by atoms with E-state index in [4.69, 9.17) is 4.74 Å². The number of hydrogen-bond donors (Lipinski definition) is 1. The number of carbonyl (C=O) groups excluding carboxylic acids is 2. The second kappa shape index (κ2) is 9.42. The molecule has 1 aromatic rings. The Morgan fingerprint density at radius 1 is 1.25 bits per heavy atom. The molecule has 1 aliphatic rings. The molecule has 2 rings (SSSR count). The molecule has 1 unspecified atom stereocenters. The third-order valence-electron chi connectivity index (χ3n) is 4.54. The summed E-state index contributed by atoms with van der Waals surface area (Å²) in [5.74, 6) is 0.0126. The van der Waals surface area contributed by atoms with E-state index >= 15 is 0 Å². The number of esters is 1. The van der Waals surface area contributed by atoms with Crippen LogP contribution in [0.3, 0.4) is 0 Å². The highest BCUT2D eigenvalue weighted by atomic mass is 16.5. The van der Waals surface area contributed by atoms with E-state index in [2.05, 4.69) is 10.2 Å². The van der Waals surface area contributed by atoms with Crippen molar-refractivity contribution in [3.8, 4) is 0 Å². The number of hydrogen-bond acceptors (Lipinski definition) is 4. The fourth-order valence-corrected chi connectivity index (χ4v) is 3.05. The van der Waals surface area contributed by atoms with Gasteiger partial charge < -0.3 is 15.0 Å². The Hall–Kier alpha value is -1.88. The Labute approximate surface area is 144 Å². The highest BCUT2D eigenvalue weighted by molar-refractivity contribution is 5.76. The molecule has 1 aromatic carbocycles. The van der Waals surface area contributed by atoms with Gasteiger partial charge in [0.1, 0.15) is 0 Å². The van der Waals surface area contributed by atoms with E-state index in [0.29, 0.717) is 13.0 Å². The number of piperidine rings is 1. The van der Waals surface area contributed by atoms with Crippen molar-refractivity contribution in [2.75, 3.05) is 26.2 Å². The van der Waals surface area contributed by atoms with E-state index in [9.17, 15) is 9.59 Å². The summed E-state index contributed by atoms with van der Waals surface area (Å²) in [7, 11) is 0. The molecule has 1 heterocycles. The van der Waals surface area contributed by atoms with Crippen molar-refractivity contribution in [1.82, 2.24) is 10.2 Å². The topological polar surface area (TPSA) is 58.6 Å². The molecule has 0 bridgehead atoms. The molecular weight excluding hydrogens is 304 g/mol. The van der Waals surface area contributed by atoms with Gasteiger partial charge in [0.15, 0.2) is 0 Å². The quantitative estimate of drug-likeness (QED) is 0.780. The minimum Gasteiger partial charge on any atom is -0.466 e. The van der Waals surface area contributed by atoms with Crippen LogP contribution in [0.15, 0.2) is 30.3 Å². The Bertz CT molecular complexity index is 525. The molecule has 0 radical (unpaired) electrons. The SMILES string of the molecule is CCOC(=O)C1CCN(CCC(=O)NC(C)c2ccccc2)CC1. The highest BCUT2D eigenvalue weighted by Gasteiger charge is 2.26. The van der Waals surface area contributed by atoms with Crippen LogP contribution in [0.25, 0.3) is 0 Å². The lowest BCUT2D eigenvalue weighted by atomic mass is 9.97. The number of nitrogens with zero attached hydrogens (tertiary/aromatic N) is 1. The van der Waals surface area contributed by atoms with Crippen LogP contribution in [0.4, 0.5) is 0 Å². The average Bonchev–Trinajstić information content (AvgIpc) is 2.61. The lowest BCUT2D eigenvalue weighted by Gasteiger charge is -2.30. The van der Waals surface area contributed by atoms with Crippen LogP contribution in [0.2, 0.25) is 0 Å². The molecule has 1 fully saturated rings. The summed E-state index contributed by atoms with van der Waals surface area (Å²) in [5, 5.41) is 3.04. The summed E-state index contributed by atoms with van der Waals surface area (Å²) in [6, 6.07) is 9.99. The van der Waals surface area contributed by atoms with E-state index in [1.807, 2.05) is 44.2 Å². The molecule has 0 aromatic heterocycles. The summed E-state index contributed by atoms with van der Waals surface area (Å²) in [6.07, 6.45) is 2.13. The first-order valence-corrected chi connectivity index (χ1v) is 8.83. The Kier molecular flexibility index (Phi) is 7.25. The second-order valence-electron chi connectivity index (χ2n) is 6.32. The van der Waals surface area contributed by atoms with Gasteiger partial charge in [-0.15, -0.1) is 0 Å². The molecule has 5 nitrogen and oxygen atoms in total. The molecule has 0 aliphatic carbocycles. The normalized spacial score (nSPS) is 17.2. The van der Waals surface area contributed by atoms with E-state index in [0.717, 1.165) is 38.0 Å². The zero-order chi connectivity index (χ0) is 17.4. The lowest BCUT2D eigenvalue weighted by Crippen LogP contribution is -2.39. The van der Waals surface area contributed by atoms with Crippen molar-refractivity contribution < 1.29 is 14.3 Å². The number of nitrogens with one attached hydrogen (secondary N) is 1. The van der Waals surface area contributed by atoms with Gasteiger partial charge in [0, 0.05) is 13.0 Å².